The fourth-order valence-electron chi connectivity index (χ4n) is 1.11. The normalized spacial score (nSPS) is 15.7. The number of hydrogen-bond donors (Lipinski definition) is 0. The van der Waals surface area contributed by atoms with E-state index in [1.807, 2.05) is 13.0 Å². The molecule has 4 heteroatoms. The number of aryl methyl sites for hydroxylation is 2. The number of fused-ring (bicyclic) bond motifs is 1. The maximum atomic E-state index is 7.29. The third-order valence-electron chi connectivity index (χ3n) is 1.65. The predicted octanol–water partition coefficient (Wildman–Crippen LogP) is 2.04. The largest absolute Gasteiger partial charge is 0.248 e. The minimum Gasteiger partial charge on any atom is -0.248 e. The van der Waals surface area contributed by atoms with E-state index in [-0.39, 0.29) is 0 Å². The molecule has 0 amide bonds. The van der Waals surface area contributed by atoms with E-state index in [4.69, 9.17) is 4.11 Å². The molecule has 0 radical (unpaired) electrons. The maximum Gasteiger partial charge on any atom is 0.127 e. The van der Waals surface area contributed by atoms with E-state index in [0.29, 0.717) is 11.0 Å². The van der Waals surface area contributed by atoms with Crippen LogP contribution in [0.25, 0.3) is 11.0 Å². The van der Waals surface area contributed by atoms with Crippen molar-refractivity contribution in [2.75, 3.05) is 0 Å². The SMILES string of the molecule is [2H]C([2H])([2H])n1nnc2c(Br)cc(C)cc21. The molecule has 1 heterocycles. The summed E-state index contributed by atoms with van der Waals surface area (Å²) in [6, 6.07) is 3.63. The highest BCUT2D eigenvalue weighted by Gasteiger charge is 2.05. The van der Waals surface area contributed by atoms with Crippen LogP contribution in [0, 0.1) is 6.92 Å². The van der Waals surface area contributed by atoms with E-state index < -0.39 is 6.98 Å². The van der Waals surface area contributed by atoms with Crippen LogP contribution in [0.5, 0.6) is 0 Å². The first kappa shape index (κ1) is 4.97. The average Bonchev–Trinajstić information content (AvgIpc) is 2.45. The third-order valence-corrected chi connectivity index (χ3v) is 2.25. The highest BCUT2D eigenvalue weighted by molar-refractivity contribution is 9.10. The molecular weight excluding hydrogens is 218 g/mol. The van der Waals surface area contributed by atoms with Crippen LogP contribution in [-0.2, 0) is 6.98 Å². The molecule has 0 saturated carbocycles. The monoisotopic (exact) mass is 228 g/mol. The molecule has 0 fully saturated rings. The van der Waals surface area contributed by atoms with E-state index in [1.54, 1.807) is 6.07 Å². The Balaban J connectivity index is 2.80. The lowest BCUT2D eigenvalue weighted by atomic mass is 10.2. The van der Waals surface area contributed by atoms with Crippen molar-refractivity contribution in [1.29, 1.82) is 0 Å². The van der Waals surface area contributed by atoms with E-state index >= 15 is 0 Å². The Labute approximate surface area is 82.7 Å². The van der Waals surface area contributed by atoms with E-state index in [9.17, 15) is 0 Å². The topological polar surface area (TPSA) is 30.7 Å². The number of halogens is 1. The Hall–Kier alpha value is -0.900. The standard InChI is InChI=1S/C8H8BrN3/c1-5-3-6(9)8-7(4-5)12(2)11-10-8/h3-4H,1-2H3/i2D3. The van der Waals surface area contributed by atoms with Gasteiger partial charge in [0.25, 0.3) is 0 Å². The Morgan fingerprint density at radius 1 is 1.58 bits per heavy atom. The van der Waals surface area contributed by atoms with Crippen molar-refractivity contribution in [3.63, 3.8) is 0 Å². The number of hydrogen-bond acceptors (Lipinski definition) is 2. The van der Waals surface area contributed by atoms with Crippen LogP contribution in [-0.4, -0.2) is 15.0 Å². The van der Waals surface area contributed by atoms with E-state index in [0.717, 1.165) is 14.7 Å². The van der Waals surface area contributed by atoms with Gasteiger partial charge in [-0.1, -0.05) is 5.21 Å². The van der Waals surface area contributed by atoms with Gasteiger partial charge in [-0.2, -0.15) is 0 Å². The van der Waals surface area contributed by atoms with Gasteiger partial charge in [-0.05, 0) is 40.5 Å². The number of rotatable bonds is 0. The van der Waals surface area contributed by atoms with Crippen molar-refractivity contribution in [3.8, 4) is 0 Å². The molecule has 2 aromatic rings. The Morgan fingerprint density at radius 2 is 2.42 bits per heavy atom. The highest BCUT2D eigenvalue weighted by atomic mass is 79.9. The molecule has 62 valence electrons. The molecule has 0 aliphatic carbocycles. The van der Waals surface area contributed by atoms with Crippen molar-refractivity contribution in [1.82, 2.24) is 15.0 Å². The van der Waals surface area contributed by atoms with Crippen molar-refractivity contribution in [3.05, 3.63) is 22.2 Å². The molecule has 3 nitrogen and oxygen atoms in total. The van der Waals surface area contributed by atoms with Gasteiger partial charge in [-0.15, -0.1) is 5.10 Å². The Bertz CT molecular complexity index is 518. The van der Waals surface area contributed by atoms with Crippen molar-refractivity contribution < 1.29 is 4.11 Å². The summed E-state index contributed by atoms with van der Waals surface area (Å²) in [5, 5.41) is 7.47. The van der Waals surface area contributed by atoms with Crippen molar-refractivity contribution in [2.45, 2.75) is 6.92 Å². The molecule has 2 rings (SSSR count). The zero-order valence-corrected chi connectivity index (χ0v) is 7.96. The van der Waals surface area contributed by atoms with Crippen LogP contribution in [0.15, 0.2) is 16.6 Å². The second-order valence-electron chi connectivity index (χ2n) is 2.62. The van der Waals surface area contributed by atoms with Gasteiger partial charge in [0.15, 0.2) is 0 Å². The molecule has 1 aromatic carbocycles. The lowest BCUT2D eigenvalue weighted by Crippen LogP contribution is -1.89. The fraction of sp³-hybridized carbons (Fsp3) is 0.250. The zero-order chi connectivity index (χ0) is 11.2. The molecule has 0 spiro atoms. The quantitative estimate of drug-likeness (QED) is 0.692. The van der Waals surface area contributed by atoms with Crippen molar-refractivity contribution >= 4 is 27.0 Å². The summed E-state index contributed by atoms with van der Waals surface area (Å²) >= 11 is 3.33. The summed E-state index contributed by atoms with van der Waals surface area (Å²) in [6.07, 6.45) is 0. The summed E-state index contributed by atoms with van der Waals surface area (Å²) < 4.78 is 23.6. The first-order valence-corrected chi connectivity index (χ1v) is 4.21. The fourth-order valence-corrected chi connectivity index (χ4v) is 1.76. The third kappa shape index (κ3) is 1.03. The minimum absolute atomic E-state index is 0.516. The highest BCUT2D eigenvalue weighted by Crippen LogP contribution is 2.22. The Morgan fingerprint density at radius 3 is 3.17 bits per heavy atom. The maximum absolute atomic E-state index is 7.29. The van der Waals surface area contributed by atoms with Crippen molar-refractivity contribution in [2.24, 2.45) is 6.98 Å². The Kier molecular flexibility index (Phi) is 1.06. The van der Waals surface area contributed by atoms with Gasteiger partial charge in [0.05, 0.1) is 5.52 Å². The number of nitrogens with zero attached hydrogens (tertiary/aromatic N) is 3. The molecule has 0 bridgehead atoms. The lowest BCUT2D eigenvalue weighted by Gasteiger charge is -1.96. The van der Waals surface area contributed by atoms with Gasteiger partial charge in [0.1, 0.15) is 5.52 Å². The molecule has 0 unspecified atom stereocenters. The van der Waals surface area contributed by atoms with Crippen LogP contribution in [0.1, 0.15) is 9.68 Å². The summed E-state index contributed by atoms with van der Waals surface area (Å²) in [4.78, 5) is 0. The number of benzene rings is 1. The zero-order valence-electron chi connectivity index (χ0n) is 9.37. The van der Waals surface area contributed by atoms with Gasteiger partial charge >= 0.3 is 0 Å². The second kappa shape index (κ2) is 2.55. The molecule has 0 saturated heterocycles. The predicted molar refractivity (Wildman–Crippen MR) is 50.9 cm³/mol. The second-order valence-corrected chi connectivity index (χ2v) is 3.47. The molecule has 0 aliphatic heterocycles. The smallest absolute Gasteiger partial charge is 0.127 e. The first-order chi connectivity index (χ1) is 6.89. The molecule has 0 atom stereocenters. The van der Waals surface area contributed by atoms with E-state index in [1.165, 1.54) is 0 Å². The van der Waals surface area contributed by atoms with Crippen LogP contribution < -0.4 is 0 Å². The summed E-state index contributed by atoms with van der Waals surface area (Å²) in [6.45, 7) is -0.400. The molecule has 0 N–H and O–H groups in total. The van der Waals surface area contributed by atoms with Crippen LogP contribution >= 0.6 is 15.9 Å². The molecule has 1 aromatic heterocycles. The van der Waals surface area contributed by atoms with Gasteiger partial charge < -0.3 is 0 Å². The summed E-state index contributed by atoms with van der Waals surface area (Å²) in [5.74, 6) is 0. The number of aromatic nitrogens is 3. The van der Waals surface area contributed by atoms with Crippen LogP contribution in [0.3, 0.4) is 0 Å². The lowest BCUT2D eigenvalue weighted by molar-refractivity contribution is 0.736. The molecule has 0 aliphatic rings. The van der Waals surface area contributed by atoms with Gasteiger partial charge in [-0.25, -0.2) is 4.68 Å². The van der Waals surface area contributed by atoms with Crippen LogP contribution in [0.4, 0.5) is 0 Å². The van der Waals surface area contributed by atoms with Gasteiger partial charge in [0, 0.05) is 15.6 Å². The summed E-state index contributed by atoms with van der Waals surface area (Å²) in [7, 11) is 0. The van der Waals surface area contributed by atoms with Gasteiger partial charge in [-0.3, -0.25) is 0 Å². The molecule has 12 heavy (non-hydrogen) atoms. The van der Waals surface area contributed by atoms with Gasteiger partial charge in [0.2, 0.25) is 0 Å². The summed E-state index contributed by atoms with van der Waals surface area (Å²) in [5.41, 5.74) is 2.04. The van der Waals surface area contributed by atoms with E-state index in [2.05, 4.69) is 26.2 Å². The minimum atomic E-state index is -2.29. The first-order valence-electron chi connectivity index (χ1n) is 4.91. The average molecular weight is 229 g/mol. The van der Waals surface area contributed by atoms with Crippen LogP contribution in [0.2, 0.25) is 0 Å². The molecular formula is C8H8BrN3.